The fourth-order valence-electron chi connectivity index (χ4n) is 3.51. The van der Waals surface area contributed by atoms with E-state index in [2.05, 4.69) is 11.5 Å². The minimum Gasteiger partial charge on any atom is -0.482 e. The fourth-order valence-corrected chi connectivity index (χ4v) is 5.38. The second-order valence-electron chi connectivity index (χ2n) is 6.24. The molecule has 0 unspecified atom stereocenters. The van der Waals surface area contributed by atoms with Crippen molar-refractivity contribution in [1.29, 1.82) is 5.26 Å². The van der Waals surface area contributed by atoms with Crippen molar-refractivity contribution < 1.29 is 18.6 Å². The summed E-state index contributed by atoms with van der Waals surface area (Å²) in [6, 6.07) is 5.11. The van der Waals surface area contributed by atoms with Crippen molar-refractivity contribution in [3.05, 3.63) is 18.2 Å². The molecule has 3 N–H and O–H groups in total. The number of rotatable bonds is 2. The highest BCUT2D eigenvalue weighted by Crippen LogP contribution is 2.55. The Morgan fingerprint density at radius 1 is 1.32 bits per heavy atom. The standard InChI is InChI=1S/C15H19N5O4S/c16-10-18-4-3-12(8-18)20-6-5-19(25(20,22)23)11-1-2-14-13(7-11)17-15(21)9-24-14/h1-2,7,12,22-23H,3-6,8-9H2,(H,17,21)/t12-/m1/s1. The molecule has 1 atom stereocenters. The lowest BCUT2D eigenvalue weighted by atomic mass is 10.2. The van der Waals surface area contributed by atoms with Crippen molar-refractivity contribution in [3.63, 3.8) is 0 Å². The van der Waals surface area contributed by atoms with Crippen LogP contribution < -0.4 is 14.4 Å². The second kappa shape index (κ2) is 5.96. The molecule has 0 aromatic heterocycles. The number of nitrogens with zero attached hydrogens (tertiary/aromatic N) is 4. The third-order valence-corrected chi connectivity index (χ3v) is 6.82. The van der Waals surface area contributed by atoms with Crippen LogP contribution in [-0.4, -0.2) is 63.0 Å². The molecule has 25 heavy (non-hydrogen) atoms. The van der Waals surface area contributed by atoms with E-state index in [1.54, 1.807) is 31.7 Å². The van der Waals surface area contributed by atoms with Crippen LogP contribution in [0.4, 0.5) is 11.4 Å². The number of nitriles is 1. The Hall–Kier alpha value is -2.19. The molecule has 0 aliphatic carbocycles. The van der Waals surface area contributed by atoms with Gasteiger partial charge in [-0.1, -0.05) is 11.0 Å². The number of carbonyl (C=O) groups excluding carboxylic acids is 1. The van der Waals surface area contributed by atoms with Crippen LogP contribution in [-0.2, 0) is 4.79 Å². The summed E-state index contributed by atoms with van der Waals surface area (Å²) >= 11 is 0. The lowest BCUT2D eigenvalue weighted by Gasteiger charge is -2.45. The van der Waals surface area contributed by atoms with Gasteiger partial charge in [0.15, 0.2) is 12.8 Å². The molecule has 10 heteroatoms. The second-order valence-corrected chi connectivity index (χ2v) is 8.13. The van der Waals surface area contributed by atoms with E-state index in [-0.39, 0.29) is 18.6 Å². The molecule has 1 aromatic carbocycles. The molecule has 0 saturated carbocycles. The van der Waals surface area contributed by atoms with Crippen LogP contribution in [0, 0.1) is 11.5 Å². The van der Waals surface area contributed by atoms with E-state index in [0.29, 0.717) is 43.3 Å². The number of ether oxygens (including phenoxy) is 1. The first kappa shape index (κ1) is 16.3. The van der Waals surface area contributed by atoms with E-state index in [9.17, 15) is 13.9 Å². The lowest BCUT2D eigenvalue weighted by Crippen LogP contribution is -2.38. The highest BCUT2D eigenvalue weighted by atomic mass is 32.3. The highest BCUT2D eigenvalue weighted by Gasteiger charge is 2.43. The predicted molar refractivity (Wildman–Crippen MR) is 93.1 cm³/mol. The van der Waals surface area contributed by atoms with Crippen LogP contribution in [0.5, 0.6) is 5.75 Å². The SMILES string of the molecule is N#CN1CC[C@@H](N2CCN(c3ccc4c(c3)NC(=O)CO4)S2(O)O)C1. The zero-order valence-corrected chi connectivity index (χ0v) is 14.3. The van der Waals surface area contributed by atoms with Crippen molar-refractivity contribution in [2.45, 2.75) is 12.5 Å². The molecule has 0 radical (unpaired) electrons. The van der Waals surface area contributed by atoms with Crippen LogP contribution in [0.3, 0.4) is 0 Å². The van der Waals surface area contributed by atoms with Crippen LogP contribution in [0.2, 0.25) is 0 Å². The predicted octanol–water partition coefficient (Wildman–Crippen LogP) is 1.28. The Morgan fingerprint density at radius 2 is 2.16 bits per heavy atom. The average molecular weight is 365 g/mol. The van der Waals surface area contributed by atoms with Gasteiger partial charge in [0.2, 0.25) is 0 Å². The zero-order valence-electron chi connectivity index (χ0n) is 13.5. The minimum atomic E-state index is -3.16. The lowest BCUT2D eigenvalue weighted by molar-refractivity contribution is -0.118. The van der Waals surface area contributed by atoms with Crippen LogP contribution >= 0.6 is 11.0 Å². The Balaban J connectivity index is 1.57. The largest absolute Gasteiger partial charge is 0.482 e. The van der Waals surface area contributed by atoms with E-state index in [0.717, 1.165) is 6.42 Å². The van der Waals surface area contributed by atoms with Gasteiger partial charge < -0.3 is 15.0 Å². The molecule has 1 aromatic rings. The number of hydrogen-bond donors (Lipinski definition) is 3. The van der Waals surface area contributed by atoms with Gasteiger partial charge in [-0.05, 0) is 24.6 Å². The third-order valence-electron chi connectivity index (χ3n) is 4.73. The van der Waals surface area contributed by atoms with Gasteiger partial charge in [-0.15, -0.1) is 0 Å². The Morgan fingerprint density at radius 3 is 2.92 bits per heavy atom. The van der Waals surface area contributed by atoms with Gasteiger partial charge in [0.05, 0.1) is 24.0 Å². The van der Waals surface area contributed by atoms with Gasteiger partial charge in [0.1, 0.15) is 5.75 Å². The maximum Gasteiger partial charge on any atom is 0.262 e. The summed E-state index contributed by atoms with van der Waals surface area (Å²) in [4.78, 5) is 13.1. The van der Waals surface area contributed by atoms with Gasteiger partial charge in [-0.25, -0.2) is 0 Å². The smallest absolute Gasteiger partial charge is 0.262 e. The third kappa shape index (κ3) is 2.75. The van der Waals surface area contributed by atoms with E-state index >= 15 is 0 Å². The number of fused-ring (bicyclic) bond motifs is 1. The van der Waals surface area contributed by atoms with E-state index < -0.39 is 11.0 Å². The monoisotopic (exact) mass is 365 g/mol. The molecule has 1 amide bonds. The van der Waals surface area contributed by atoms with Crippen molar-refractivity contribution in [3.8, 4) is 11.9 Å². The summed E-state index contributed by atoms with van der Waals surface area (Å²) in [7, 11) is -3.16. The van der Waals surface area contributed by atoms with E-state index in [4.69, 9.17) is 10.00 Å². The summed E-state index contributed by atoms with van der Waals surface area (Å²) in [5.74, 6) is 0.332. The Bertz CT molecular complexity index is 752. The molecule has 2 saturated heterocycles. The topological polar surface area (TPSA) is 112 Å². The summed E-state index contributed by atoms with van der Waals surface area (Å²) in [6.07, 6.45) is 2.84. The van der Waals surface area contributed by atoms with Crippen molar-refractivity contribution in [2.24, 2.45) is 0 Å². The molecular weight excluding hydrogens is 346 g/mol. The maximum absolute atomic E-state index is 11.5. The summed E-state index contributed by atoms with van der Waals surface area (Å²) < 4.78 is 30.2. The minimum absolute atomic E-state index is 0.0178. The first-order valence-corrected chi connectivity index (χ1v) is 9.49. The molecule has 9 nitrogen and oxygen atoms in total. The van der Waals surface area contributed by atoms with Gasteiger partial charge in [0, 0.05) is 19.6 Å². The van der Waals surface area contributed by atoms with Crippen molar-refractivity contribution in [2.75, 3.05) is 42.4 Å². The number of amides is 1. The molecule has 3 aliphatic rings. The number of benzene rings is 1. The summed E-state index contributed by atoms with van der Waals surface area (Å²) in [5.41, 5.74) is 1.14. The zero-order chi connectivity index (χ0) is 17.6. The molecular formula is C15H19N5O4S. The number of nitrogens with one attached hydrogen (secondary N) is 1. The molecule has 3 aliphatic heterocycles. The van der Waals surface area contributed by atoms with Gasteiger partial charge in [-0.3, -0.25) is 18.2 Å². The number of carbonyl (C=O) groups is 1. The van der Waals surface area contributed by atoms with Gasteiger partial charge in [0.25, 0.3) is 5.91 Å². The van der Waals surface area contributed by atoms with Crippen LogP contribution in [0.25, 0.3) is 0 Å². The quantitative estimate of drug-likeness (QED) is 0.672. The Labute approximate surface area is 147 Å². The summed E-state index contributed by atoms with van der Waals surface area (Å²) in [6.45, 7) is 2.09. The molecule has 134 valence electrons. The fraction of sp³-hybridized carbons (Fsp3) is 0.467. The van der Waals surface area contributed by atoms with E-state index in [1.165, 1.54) is 0 Å². The number of hydrogen-bond acceptors (Lipinski definition) is 8. The van der Waals surface area contributed by atoms with Crippen molar-refractivity contribution >= 4 is 28.2 Å². The van der Waals surface area contributed by atoms with Crippen LogP contribution in [0.15, 0.2) is 18.2 Å². The number of likely N-dealkylation sites (tertiary alicyclic amines) is 1. The number of anilines is 2. The maximum atomic E-state index is 11.5. The van der Waals surface area contributed by atoms with Gasteiger partial charge in [-0.2, -0.15) is 9.57 Å². The average Bonchev–Trinajstić information content (AvgIpc) is 3.17. The molecule has 2 fully saturated rings. The molecule has 0 bridgehead atoms. The van der Waals surface area contributed by atoms with E-state index in [1.807, 2.05) is 0 Å². The van der Waals surface area contributed by atoms with Crippen molar-refractivity contribution in [1.82, 2.24) is 9.21 Å². The van der Waals surface area contributed by atoms with Gasteiger partial charge >= 0.3 is 0 Å². The Kier molecular flexibility index (Phi) is 3.88. The first-order valence-electron chi connectivity index (χ1n) is 8.03. The molecule has 3 heterocycles. The normalized spacial score (nSPS) is 26.6. The molecule has 0 spiro atoms. The summed E-state index contributed by atoms with van der Waals surface area (Å²) in [5, 5.41) is 11.7. The first-order chi connectivity index (χ1) is 12.0. The molecule has 4 rings (SSSR count). The van der Waals surface area contributed by atoms with Crippen LogP contribution in [0.1, 0.15) is 6.42 Å². The highest BCUT2D eigenvalue weighted by molar-refractivity contribution is 8.23.